The van der Waals surface area contributed by atoms with E-state index in [9.17, 15) is 4.79 Å². The maximum atomic E-state index is 12.6. The molecule has 0 spiro atoms. The van der Waals surface area contributed by atoms with E-state index in [2.05, 4.69) is 39.0 Å². The van der Waals surface area contributed by atoms with Crippen LogP contribution in [0.15, 0.2) is 53.0 Å². The summed E-state index contributed by atoms with van der Waals surface area (Å²) >= 11 is 3.54. The molecule has 1 aliphatic heterocycles. The van der Waals surface area contributed by atoms with Crippen molar-refractivity contribution in [2.75, 3.05) is 26.8 Å². The van der Waals surface area contributed by atoms with Crippen molar-refractivity contribution >= 4 is 21.9 Å². The highest BCUT2D eigenvalue weighted by molar-refractivity contribution is 9.10. The minimum Gasteiger partial charge on any atom is -0.496 e. The van der Waals surface area contributed by atoms with Crippen molar-refractivity contribution in [3.8, 4) is 5.75 Å². The number of carbonyl (C=O) groups is 1. The van der Waals surface area contributed by atoms with Gasteiger partial charge in [0, 0.05) is 35.6 Å². The van der Waals surface area contributed by atoms with E-state index in [4.69, 9.17) is 9.47 Å². The van der Waals surface area contributed by atoms with Crippen LogP contribution in [0.5, 0.6) is 5.75 Å². The van der Waals surface area contributed by atoms with Gasteiger partial charge in [-0.2, -0.15) is 0 Å². The predicted octanol–water partition coefficient (Wildman–Crippen LogP) is 4.24. The molecule has 3 rings (SSSR count). The summed E-state index contributed by atoms with van der Waals surface area (Å²) in [4.78, 5) is 14.9. The van der Waals surface area contributed by atoms with Crippen LogP contribution in [0.2, 0.25) is 0 Å². The highest BCUT2D eigenvalue weighted by Crippen LogP contribution is 2.39. The largest absolute Gasteiger partial charge is 0.496 e. The molecule has 1 aliphatic rings. The van der Waals surface area contributed by atoms with E-state index in [0.717, 1.165) is 28.9 Å². The minimum absolute atomic E-state index is 0.0465. The van der Waals surface area contributed by atoms with E-state index in [1.807, 2.05) is 37.3 Å². The van der Waals surface area contributed by atoms with Crippen molar-refractivity contribution in [3.05, 3.63) is 64.1 Å². The smallest absolute Gasteiger partial charge is 0.310 e. The summed E-state index contributed by atoms with van der Waals surface area (Å²) < 4.78 is 11.9. The molecule has 2 aromatic carbocycles. The van der Waals surface area contributed by atoms with Gasteiger partial charge >= 0.3 is 5.97 Å². The second-order valence-electron chi connectivity index (χ2n) is 6.53. The third-order valence-electron chi connectivity index (χ3n) is 4.83. The van der Waals surface area contributed by atoms with Crippen molar-refractivity contribution in [3.63, 3.8) is 0 Å². The van der Waals surface area contributed by atoms with Crippen LogP contribution in [-0.4, -0.2) is 37.7 Å². The summed E-state index contributed by atoms with van der Waals surface area (Å²) in [6, 6.07) is 16.3. The van der Waals surface area contributed by atoms with E-state index in [1.165, 1.54) is 5.56 Å². The first-order chi connectivity index (χ1) is 12.6. The van der Waals surface area contributed by atoms with Crippen LogP contribution in [0, 0.1) is 5.92 Å². The Kier molecular flexibility index (Phi) is 6.33. The number of ether oxygens (including phenoxy) is 2. The molecular weight excluding hydrogens is 394 g/mol. The lowest BCUT2D eigenvalue weighted by Crippen LogP contribution is -2.25. The molecule has 2 unspecified atom stereocenters. The summed E-state index contributed by atoms with van der Waals surface area (Å²) in [5, 5.41) is 0. The normalized spacial score (nSPS) is 20.1. The Hall–Kier alpha value is -1.85. The quantitative estimate of drug-likeness (QED) is 0.658. The Balaban J connectivity index is 1.88. The fraction of sp³-hybridized carbons (Fsp3) is 0.381. The zero-order valence-corrected chi connectivity index (χ0v) is 16.7. The molecule has 26 heavy (non-hydrogen) atoms. The predicted molar refractivity (Wildman–Crippen MR) is 105 cm³/mol. The first-order valence-electron chi connectivity index (χ1n) is 8.88. The van der Waals surface area contributed by atoms with Gasteiger partial charge in [0.15, 0.2) is 0 Å². The Labute approximate surface area is 163 Å². The van der Waals surface area contributed by atoms with Crippen molar-refractivity contribution in [1.82, 2.24) is 4.90 Å². The molecular formula is C21H24BrNO3. The molecule has 5 heteroatoms. The Morgan fingerprint density at radius 3 is 2.65 bits per heavy atom. The van der Waals surface area contributed by atoms with E-state index in [-0.39, 0.29) is 17.8 Å². The second kappa shape index (κ2) is 8.69. The van der Waals surface area contributed by atoms with Crippen LogP contribution in [0.4, 0.5) is 0 Å². The Bertz CT molecular complexity index is 750. The lowest BCUT2D eigenvalue weighted by atomic mass is 9.88. The molecule has 138 valence electrons. The summed E-state index contributed by atoms with van der Waals surface area (Å²) in [7, 11) is 1.67. The number of hydrogen-bond acceptors (Lipinski definition) is 4. The highest BCUT2D eigenvalue weighted by Gasteiger charge is 2.40. The van der Waals surface area contributed by atoms with Crippen molar-refractivity contribution in [2.45, 2.75) is 19.4 Å². The number of rotatable bonds is 6. The van der Waals surface area contributed by atoms with Gasteiger partial charge in [0.2, 0.25) is 0 Å². The summed E-state index contributed by atoms with van der Waals surface area (Å²) in [5.41, 5.74) is 2.30. The topological polar surface area (TPSA) is 38.8 Å². The van der Waals surface area contributed by atoms with Gasteiger partial charge in [-0.05, 0) is 30.7 Å². The monoisotopic (exact) mass is 417 g/mol. The Morgan fingerprint density at radius 1 is 1.19 bits per heavy atom. The fourth-order valence-corrected chi connectivity index (χ4v) is 4.03. The summed E-state index contributed by atoms with van der Waals surface area (Å²) in [6.45, 7) is 4.56. The summed E-state index contributed by atoms with van der Waals surface area (Å²) in [6.07, 6.45) is 0. The molecule has 1 saturated heterocycles. The van der Waals surface area contributed by atoms with Gasteiger partial charge in [-0.1, -0.05) is 46.3 Å². The third-order valence-corrected chi connectivity index (χ3v) is 5.32. The zero-order valence-electron chi connectivity index (χ0n) is 15.2. The number of hydrogen-bond donors (Lipinski definition) is 0. The molecule has 2 atom stereocenters. The number of halogens is 1. The van der Waals surface area contributed by atoms with Crippen LogP contribution in [-0.2, 0) is 16.1 Å². The maximum absolute atomic E-state index is 12.6. The average molecular weight is 418 g/mol. The van der Waals surface area contributed by atoms with Gasteiger partial charge in [0.25, 0.3) is 0 Å². The molecule has 0 saturated carbocycles. The van der Waals surface area contributed by atoms with Gasteiger partial charge in [-0.3, -0.25) is 9.69 Å². The van der Waals surface area contributed by atoms with E-state index >= 15 is 0 Å². The van der Waals surface area contributed by atoms with Crippen molar-refractivity contribution in [1.29, 1.82) is 0 Å². The maximum Gasteiger partial charge on any atom is 0.310 e. The third kappa shape index (κ3) is 4.27. The van der Waals surface area contributed by atoms with Crippen LogP contribution < -0.4 is 4.74 Å². The zero-order chi connectivity index (χ0) is 18.5. The molecule has 1 fully saturated rings. The fourth-order valence-electron chi connectivity index (χ4n) is 3.65. The van der Waals surface area contributed by atoms with Crippen molar-refractivity contribution in [2.24, 2.45) is 5.92 Å². The van der Waals surface area contributed by atoms with Crippen LogP contribution in [0.1, 0.15) is 24.0 Å². The molecule has 0 bridgehead atoms. The van der Waals surface area contributed by atoms with E-state index in [1.54, 1.807) is 7.11 Å². The molecule has 0 amide bonds. The second-order valence-corrected chi connectivity index (χ2v) is 7.45. The number of carbonyl (C=O) groups excluding carboxylic acids is 1. The van der Waals surface area contributed by atoms with Gasteiger partial charge in [0.05, 0.1) is 19.6 Å². The van der Waals surface area contributed by atoms with Crippen LogP contribution in [0.3, 0.4) is 0 Å². The summed E-state index contributed by atoms with van der Waals surface area (Å²) in [5.74, 6) is 0.538. The van der Waals surface area contributed by atoms with Gasteiger partial charge in [0.1, 0.15) is 5.75 Å². The minimum atomic E-state index is -0.193. The van der Waals surface area contributed by atoms with Crippen LogP contribution in [0.25, 0.3) is 0 Å². The van der Waals surface area contributed by atoms with E-state index < -0.39 is 0 Å². The van der Waals surface area contributed by atoms with Crippen LogP contribution >= 0.6 is 15.9 Å². The first-order valence-corrected chi connectivity index (χ1v) is 9.68. The number of nitrogens with zero attached hydrogens (tertiary/aromatic N) is 1. The number of methoxy groups -OCH3 is 1. The molecule has 0 aromatic heterocycles. The molecule has 0 aliphatic carbocycles. The highest BCUT2D eigenvalue weighted by atomic mass is 79.9. The van der Waals surface area contributed by atoms with Gasteiger partial charge < -0.3 is 9.47 Å². The molecule has 4 nitrogen and oxygen atoms in total. The standard InChI is InChI=1S/C21H24BrNO3/c1-3-26-21(24)19-14-23(12-15-7-5-4-6-8-15)13-18(19)17-11-16(22)9-10-20(17)25-2/h4-11,18-19H,3,12-14H2,1-2H3. The molecule has 2 aromatic rings. The molecule has 0 N–H and O–H groups in total. The van der Waals surface area contributed by atoms with Crippen molar-refractivity contribution < 1.29 is 14.3 Å². The Morgan fingerprint density at radius 2 is 1.96 bits per heavy atom. The SMILES string of the molecule is CCOC(=O)C1CN(Cc2ccccc2)CC1c1cc(Br)ccc1OC. The van der Waals surface area contributed by atoms with E-state index in [0.29, 0.717) is 13.2 Å². The number of benzene rings is 2. The lowest BCUT2D eigenvalue weighted by molar-refractivity contribution is -0.148. The number of esters is 1. The lowest BCUT2D eigenvalue weighted by Gasteiger charge is -2.20. The average Bonchev–Trinajstić information content (AvgIpc) is 3.06. The van der Waals surface area contributed by atoms with Gasteiger partial charge in [-0.25, -0.2) is 0 Å². The molecule has 1 heterocycles. The number of likely N-dealkylation sites (tertiary alicyclic amines) is 1. The molecule has 0 radical (unpaired) electrons. The first kappa shape index (κ1) is 18.9. The van der Waals surface area contributed by atoms with Gasteiger partial charge in [-0.15, -0.1) is 0 Å².